The number of nitrogens with one attached hydrogen (secondary N) is 1. The van der Waals surface area contributed by atoms with Crippen LogP contribution in [0.15, 0.2) is 36.5 Å². The number of nitriles is 1. The minimum Gasteiger partial charge on any atom is -0.384 e. The van der Waals surface area contributed by atoms with Crippen molar-refractivity contribution in [3.05, 3.63) is 53.5 Å². The van der Waals surface area contributed by atoms with Gasteiger partial charge in [0.25, 0.3) is 5.91 Å². The van der Waals surface area contributed by atoms with Crippen LogP contribution in [-0.2, 0) is 0 Å². The lowest BCUT2D eigenvalue weighted by atomic mass is 10.2. The molecule has 0 atom stereocenters. The molecule has 0 fully saturated rings. The van der Waals surface area contributed by atoms with E-state index in [4.69, 9.17) is 11.0 Å². The number of nitrogens with zero attached hydrogens (tertiary/aromatic N) is 2. The number of carbonyl (C=O) groups is 1. The summed E-state index contributed by atoms with van der Waals surface area (Å²) >= 11 is 0. The van der Waals surface area contributed by atoms with Crippen LogP contribution in [0.2, 0.25) is 0 Å². The highest BCUT2D eigenvalue weighted by Gasteiger charge is 2.08. The van der Waals surface area contributed by atoms with Crippen LogP contribution in [0.4, 0.5) is 15.9 Å². The fourth-order valence-corrected chi connectivity index (χ4v) is 1.43. The zero-order chi connectivity index (χ0) is 13.8. The van der Waals surface area contributed by atoms with Gasteiger partial charge in [-0.25, -0.2) is 9.37 Å². The van der Waals surface area contributed by atoms with Crippen LogP contribution < -0.4 is 11.1 Å². The molecule has 2 rings (SSSR count). The molecule has 6 heteroatoms. The van der Waals surface area contributed by atoms with E-state index < -0.39 is 11.7 Å². The number of pyridine rings is 1. The number of anilines is 2. The lowest BCUT2D eigenvalue weighted by molar-refractivity contribution is 0.102. The van der Waals surface area contributed by atoms with Gasteiger partial charge in [0.2, 0.25) is 0 Å². The number of amides is 1. The summed E-state index contributed by atoms with van der Waals surface area (Å²) in [6, 6.07) is 8.48. The lowest BCUT2D eigenvalue weighted by Crippen LogP contribution is -2.12. The molecule has 1 amide bonds. The molecular weight excluding hydrogens is 247 g/mol. The van der Waals surface area contributed by atoms with Crippen molar-refractivity contribution in [3.8, 4) is 6.07 Å². The van der Waals surface area contributed by atoms with Gasteiger partial charge in [-0.2, -0.15) is 5.26 Å². The average Bonchev–Trinajstić information content (AvgIpc) is 2.41. The Morgan fingerprint density at radius 3 is 2.79 bits per heavy atom. The molecule has 0 spiro atoms. The molecule has 0 radical (unpaired) electrons. The van der Waals surface area contributed by atoms with Gasteiger partial charge >= 0.3 is 0 Å². The third-order valence-corrected chi connectivity index (χ3v) is 2.39. The minimum absolute atomic E-state index is 0.131. The highest BCUT2D eigenvalue weighted by atomic mass is 19.1. The minimum atomic E-state index is -0.630. The fraction of sp³-hybridized carbons (Fsp3) is 0. The van der Waals surface area contributed by atoms with Crippen molar-refractivity contribution in [1.82, 2.24) is 4.98 Å². The van der Waals surface area contributed by atoms with E-state index in [1.54, 1.807) is 6.07 Å². The molecule has 0 saturated heterocycles. The van der Waals surface area contributed by atoms with Crippen LogP contribution in [0.3, 0.4) is 0 Å². The number of rotatable bonds is 2. The van der Waals surface area contributed by atoms with E-state index in [-0.39, 0.29) is 5.56 Å². The molecule has 0 saturated carbocycles. The molecule has 2 aromatic rings. The van der Waals surface area contributed by atoms with Crippen molar-refractivity contribution in [2.75, 3.05) is 11.1 Å². The number of carbonyl (C=O) groups excluding carboxylic acids is 1. The largest absolute Gasteiger partial charge is 0.384 e. The standard InChI is InChI=1S/C13H9FN4O/c14-11-3-2-10(5-9(11)6-15)18-13(19)8-1-4-12(16)17-7-8/h1-5,7H,(H2,16,17)(H,18,19). The SMILES string of the molecule is N#Cc1cc(NC(=O)c2ccc(N)nc2)ccc1F. The Hall–Kier alpha value is -2.94. The summed E-state index contributed by atoms with van der Waals surface area (Å²) < 4.78 is 13.1. The Balaban J connectivity index is 2.20. The number of nitrogens with two attached hydrogens (primary N) is 1. The Labute approximate surface area is 108 Å². The lowest BCUT2D eigenvalue weighted by Gasteiger charge is -2.05. The normalized spacial score (nSPS) is 9.68. The Morgan fingerprint density at radius 1 is 1.37 bits per heavy atom. The number of aromatic nitrogens is 1. The molecule has 5 nitrogen and oxygen atoms in total. The molecule has 0 aliphatic rings. The molecule has 1 heterocycles. The smallest absolute Gasteiger partial charge is 0.257 e. The third kappa shape index (κ3) is 2.84. The average molecular weight is 256 g/mol. The third-order valence-electron chi connectivity index (χ3n) is 2.39. The van der Waals surface area contributed by atoms with Crippen molar-refractivity contribution in [2.24, 2.45) is 0 Å². The van der Waals surface area contributed by atoms with Crippen LogP contribution in [0, 0.1) is 17.1 Å². The second kappa shape index (κ2) is 5.14. The van der Waals surface area contributed by atoms with Gasteiger partial charge in [-0.3, -0.25) is 4.79 Å². The zero-order valence-electron chi connectivity index (χ0n) is 9.72. The van der Waals surface area contributed by atoms with Gasteiger partial charge in [-0.1, -0.05) is 0 Å². The van der Waals surface area contributed by atoms with Crippen molar-refractivity contribution < 1.29 is 9.18 Å². The first kappa shape index (κ1) is 12.5. The quantitative estimate of drug-likeness (QED) is 0.858. The van der Waals surface area contributed by atoms with Gasteiger partial charge in [-0.15, -0.1) is 0 Å². The van der Waals surface area contributed by atoms with Gasteiger partial charge in [0.1, 0.15) is 17.7 Å². The van der Waals surface area contributed by atoms with E-state index in [1.165, 1.54) is 30.5 Å². The predicted octanol–water partition coefficient (Wildman–Crippen LogP) is 1.93. The Bertz CT molecular complexity index is 661. The molecular formula is C13H9FN4O. The van der Waals surface area contributed by atoms with Gasteiger partial charge in [0, 0.05) is 11.9 Å². The summed E-state index contributed by atoms with van der Waals surface area (Å²) in [6.07, 6.45) is 1.33. The summed E-state index contributed by atoms with van der Waals surface area (Å²) in [4.78, 5) is 15.6. The van der Waals surface area contributed by atoms with E-state index in [1.807, 2.05) is 0 Å². The maximum Gasteiger partial charge on any atom is 0.257 e. The van der Waals surface area contributed by atoms with Gasteiger partial charge in [-0.05, 0) is 30.3 Å². The van der Waals surface area contributed by atoms with Gasteiger partial charge in [0.05, 0.1) is 11.1 Å². The molecule has 1 aromatic heterocycles. The first-order valence-electron chi connectivity index (χ1n) is 5.32. The Kier molecular flexibility index (Phi) is 3.39. The fourth-order valence-electron chi connectivity index (χ4n) is 1.43. The van der Waals surface area contributed by atoms with E-state index in [0.717, 1.165) is 6.07 Å². The summed E-state index contributed by atoms with van der Waals surface area (Å²) in [5.74, 6) is -0.734. The number of benzene rings is 1. The van der Waals surface area contributed by atoms with Crippen molar-refractivity contribution in [1.29, 1.82) is 5.26 Å². The summed E-state index contributed by atoms with van der Waals surface area (Å²) in [5, 5.41) is 11.2. The molecule has 94 valence electrons. The first-order valence-corrected chi connectivity index (χ1v) is 5.32. The molecule has 19 heavy (non-hydrogen) atoms. The monoisotopic (exact) mass is 256 g/mol. The molecule has 0 aliphatic carbocycles. The van der Waals surface area contributed by atoms with Crippen molar-refractivity contribution in [2.45, 2.75) is 0 Å². The summed E-state index contributed by atoms with van der Waals surface area (Å²) in [6.45, 7) is 0. The maximum absolute atomic E-state index is 13.1. The van der Waals surface area contributed by atoms with E-state index in [0.29, 0.717) is 17.1 Å². The maximum atomic E-state index is 13.1. The zero-order valence-corrected chi connectivity index (χ0v) is 9.72. The number of nitrogen functional groups attached to an aromatic ring is 1. The van der Waals surface area contributed by atoms with E-state index >= 15 is 0 Å². The second-order valence-corrected chi connectivity index (χ2v) is 3.73. The molecule has 0 aliphatic heterocycles. The number of hydrogen-bond donors (Lipinski definition) is 2. The van der Waals surface area contributed by atoms with Crippen molar-refractivity contribution in [3.63, 3.8) is 0 Å². The van der Waals surface area contributed by atoms with Crippen LogP contribution in [0.1, 0.15) is 15.9 Å². The molecule has 1 aromatic carbocycles. The first-order chi connectivity index (χ1) is 9.10. The molecule has 3 N–H and O–H groups in total. The van der Waals surface area contributed by atoms with Crippen LogP contribution in [-0.4, -0.2) is 10.9 Å². The van der Waals surface area contributed by atoms with Crippen LogP contribution >= 0.6 is 0 Å². The van der Waals surface area contributed by atoms with E-state index in [2.05, 4.69) is 10.3 Å². The predicted molar refractivity (Wildman–Crippen MR) is 67.7 cm³/mol. The molecule has 0 unspecified atom stereocenters. The van der Waals surface area contributed by atoms with Gasteiger partial charge < -0.3 is 11.1 Å². The highest BCUT2D eigenvalue weighted by Crippen LogP contribution is 2.15. The van der Waals surface area contributed by atoms with Gasteiger partial charge in [0.15, 0.2) is 0 Å². The second-order valence-electron chi connectivity index (χ2n) is 3.73. The van der Waals surface area contributed by atoms with Crippen LogP contribution in [0.25, 0.3) is 0 Å². The van der Waals surface area contributed by atoms with E-state index in [9.17, 15) is 9.18 Å². The topological polar surface area (TPSA) is 91.8 Å². The number of halogens is 1. The molecule has 0 bridgehead atoms. The highest BCUT2D eigenvalue weighted by molar-refractivity contribution is 6.04. The number of hydrogen-bond acceptors (Lipinski definition) is 4. The van der Waals surface area contributed by atoms with Crippen molar-refractivity contribution >= 4 is 17.4 Å². The summed E-state index contributed by atoms with van der Waals surface area (Å²) in [5.41, 5.74) is 5.93. The van der Waals surface area contributed by atoms with Crippen LogP contribution in [0.5, 0.6) is 0 Å². The summed E-state index contributed by atoms with van der Waals surface area (Å²) in [7, 11) is 0. The Morgan fingerprint density at radius 2 is 2.16 bits per heavy atom.